The SMILES string of the molecule is NCCc1ccc(Oc2ccccc2Br)c(C(F)(F)F)c1. The van der Waals surface area contributed by atoms with E-state index in [0.717, 1.165) is 6.07 Å². The van der Waals surface area contributed by atoms with Crippen LogP contribution in [-0.4, -0.2) is 6.54 Å². The van der Waals surface area contributed by atoms with Gasteiger partial charge in [0.2, 0.25) is 0 Å². The monoisotopic (exact) mass is 359 g/mol. The number of ether oxygens (including phenoxy) is 1. The van der Waals surface area contributed by atoms with Crippen molar-refractivity contribution >= 4 is 15.9 Å². The summed E-state index contributed by atoms with van der Waals surface area (Å²) in [7, 11) is 0. The van der Waals surface area contributed by atoms with E-state index in [1.165, 1.54) is 6.07 Å². The first-order chi connectivity index (χ1) is 9.91. The third-order valence-corrected chi connectivity index (χ3v) is 3.49. The van der Waals surface area contributed by atoms with E-state index in [4.69, 9.17) is 10.5 Å². The van der Waals surface area contributed by atoms with Crippen LogP contribution in [0.25, 0.3) is 0 Å². The van der Waals surface area contributed by atoms with Gasteiger partial charge in [0, 0.05) is 0 Å². The fourth-order valence-electron chi connectivity index (χ4n) is 1.86. The average molecular weight is 360 g/mol. The van der Waals surface area contributed by atoms with E-state index in [9.17, 15) is 13.2 Å². The summed E-state index contributed by atoms with van der Waals surface area (Å²) >= 11 is 3.25. The van der Waals surface area contributed by atoms with Gasteiger partial charge in [-0.25, -0.2) is 0 Å². The largest absolute Gasteiger partial charge is 0.456 e. The zero-order chi connectivity index (χ0) is 15.5. The van der Waals surface area contributed by atoms with Crippen LogP contribution in [-0.2, 0) is 12.6 Å². The second kappa shape index (κ2) is 6.49. The molecule has 2 rings (SSSR count). The van der Waals surface area contributed by atoms with E-state index in [-0.39, 0.29) is 5.75 Å². The summed E-state index contributed by atoms with van der Waals surface area (Å²) < 4.78 is 45.4. The molecule has 2 aromatic rings. The molecule has 0 aliphatic carbocycles. The Bertz CT molecular complexity index is 629. The molecule has 0 unspecified atom stereocenters. The third-order valence-electron chi connectivity index (χ3n) is 2.84. The summed E-state index contributed by atoms with van der Waals surface area (Å²) in [6, 6.07) is 10.7. The third kappa shape index (κ3) is 3.98. The number of hydrogen-bond donors (Lipinski definition) is 1. The molecule has 0 atom stereocenters. The molecule has 0 spiro atoms. The lowest BCUT2D eigenvalue weighted by Crippen LogP contribution is -2.09. The van der Waals surface area contributed by atoms with Crippen molar-refractivity contribution in [3.8, 4) is 11.5 Å². The average Bonchev–Trinajstić information content (AvgIpc) is 2.42. The van der Waals surface area contributed by atoms with Gasteiger partial charge < -0.3 is 10.5 Å². The molecule has 0 heterocycles. The molecular formula is C15H13BrF3NO. The molecule has 112 valence electrons. The molecule has 0 aromatic heterocycles. The molecule has 6 heteroatoms. The summed E-state index contributed by atoms with van der Waals surface area (Å²) in [5, 5.41) is 0. The minimum Gasteiger partial charge on any atom is -0.456 e. The molecule has 2 aromatic carbocycles. The predicted octanol–water partition coefficient (Wildman–Crippen LogP) is 4.76. The van der Waals surface area contributed by atoms with E-state index >= 15 is 0 Å². The lowest BCUT2D eigenvalue weighted by Gasteiger charge is -2.15. The molecule has 0 saturated carbocycles. The molecule has 2 N–H and O–H groups in total. The maximum Gasteiger partial charge on any atom is 0.419 e. The molecule has 0 aliphatic rings. The van der Waals surface area contributed by atoms with Gasteiger partial charge in [0.25, 0.3) is 0 Å². The van der Waals surface area contributed by atoms with Crippen molar-refractivity contribution in [2.75, 3.05) is 6.54 Å². The van der Waals surface area contributed by atoms with Crippen molar-refractivity contribution in [3.63, 3.8) is 0 Å². The van der Waals surface area contributed by atoms with E-state index in [0.29, 0.717) is 28.8 Å². The van der Waals surface area contributed by atoms with E-state index < -0.39 is 11.7 Å². The predicted molar refractivity (Wildman–Crippen MR) is 78.4 cm³/mol. The van der Waals surface area contributed by atoms with Gasteiger partial charge in [-0.05, 0) is 58.7 Å². The molecule has 0 amide bonds. The minimum atomic E-state index is -4.48. The number of nitrogens with two attached hydrogens (primary N) is 1. The van der Waals surface area contributed by atoms with E-state index in [1.54, 1.807) is 30.3 Å². The van der Waals surface area contributed by atoms with Crippen LogP contribution in [0, 0.1) is 0 Å². The topological polar surface area (TPSA) is 35.2 Å². The fraction of sp³-hybridized carbons (Fsp3) is 0.200. The van der Waals surface area contributed by atoms with E-state index in [1.807, 2.05) is 0 Å². The smallest absolute Gasteiger partial charge is 0.419 e. The lowest BCUT2D eigenvalue weighted by molar-refractivity contribution is -0.138. The Morgan fingerprint density at radius 2 is 1.76 bits per heavy atom. The molecule has 2 nitrogen and oxygen atoms in total. The minimum absolute atomic E-state index is 0.227. The first kappa shape index (κ1) is 15.9. The van der Waals surface area contributed by atoms with Crippen LogP contribution >= 0.6 is 15.9 Å². The zero-order valence-corrected chi connectivity index (χ0v) is 12.5. The second-order valence-electron chi connectivity index (χ2n) is 4.40. The number of benzene rings is 2. The Kier molecular flexibility index (Phi) is 4.90. The van der Waals surface area contributed by atoms with Crippen LogP contribution in [0.1, 0.15) is 11.1 Å². The van der Waals surface area contributed by atoms with Crippen molar-refractivity contribution in [1.29, 1.82) is 0 Å². The first-order valence-corrected chi connectivity index (χ1v) is 7.03. The van der Waals surface area contributed by atoms with Crippen molar-refractivity contribution < 1.29 is 17.9 Å². The van der Waals surface area contributed by atoms with Crippen LogP contribution in [0.4, 0.5) is 13.2 Å². The fourth-order valence-corrected chi connectivity index (χ4v) is 2.22. The number of para-hydroxylation sites is 1. The van der Waals surface area contributed by atoms with Gasteiger partial charge in [0.15, 0.2) is 0 Å². The van der Waals surface area contributed by atoms with Crippen molar-refractivity contribution in [3.05, 3.63) is 58.1 Å². The summed E-state index contributed by atoms with van der Waals surface area (Å²) in [5.41, 5.74) is 5.11. The van der Waals surface area contributed by atoms with Crippen LogP contribution < -0.4 is 10.5 Å². The van der Waals surface area contributed by atoms with Crippen LogP contribution in [0.3, 0.4) is 0 Å². The molecule has 0 bridgehead atoms. The van der Waals surface area contributed by atoms with Crippen LogP contribution in [0.5, 0.6) is 11.5 Å². The quantitative estimate of drug-likeness (QED) is 0.853. The highest BCUT2D eigenvalue weighted by molar-refractivity contribution is 9.10. The highest BCUT2D eigenvalue weighted by Crippen LogP contribution is 2.40. The molecule has 0 saturated heterocycles. The van der Waals surface area contributed by atoms with Gasteiger partial charge >= 0.3 is 6.18 Å². The van der Waals surface area contributed by atoms with E-state index in [2.05, 4.69) is 15.9 Å². The maximum absolute atomic E-state index is 13.1. The highest BCUT2D eigenvalue weighted by Gasteiger charge is 2.35. The number of halogens is 4. The van der Waals surface area contributed by atoms with Crippen molar-refractivity contribution in [2.45, 2.75) is 12.6 Å². The molecule has 0 fully saturated rings. The van der Waals surface area contributed by atoms with Gasteiger partial charge in [-0.15, -0.1) is 0 Å². The van der Waals surface area contributed by atoms with Crippen molar-refractivity contribution in [2.24, 2.45) is 5.73 Å². The number of rotatable bonds is 4. The highest BCUT2D eigenvalue weighted by atomic mass is 79.9. The van der Waals surface area contributed by atoms with Gasteiger partial charge in [-0.1, -0.05) is 18.2 Å². The summed E-state index contributed by atoms with van der Waals surface area (Å²) in [5.74, 6) is 0.102. The first-order valence-electron chi connectivity index (χ1n) is 6.24. The zero-order valence-electron chi connectivity index (χ0n) is 11.0. The van der Waals surface area contributed by atoms with Crippen LogP contribution in [0.2, 0.25) is 0 Å². The van der Waals surface area contributed by atoms with Gasteiger partial charge in [-0.2, -0.15) is 13.2 Å². The molecule has 21 heavy (non-hydrogen) atoms. The van der Waals surface area contributed by atoms with Gasteiger partial charge in [-0.3, -0.25) is 0 Å². The molecular weight excluding hydrogens is 347 g/mol. The summed E-state index contributed by atoms with van der Waals surface area (Å²) in [4.78, 5) is 0. The number of alkyl halides is 3. The Labute approximate surface area is 128 Å². The molecule has 0 aliphatic heterocycles. The summed E-state index contributed by atoms with van der Waals surface area (Å²) in [6.07, 6.45) is -4.10. The summed E-state index contributed by atoms with van der Waals surface area (Å²) in [6.45, 7) is 0.293. The second-order valence-corrected chi connectivity index (χ2v) is 5.25. The Balaban J connectivity index is 2.41. The number of hydrogen-bond acceptors (Lipinski definition) is 2. The van der Waals surface area contributed by atoms with Crippen LogP contribution in [0.15, 0.2) is 46.9 Å². The van der Waals surface area contributed by atoms with Gasteiger partial charge in [0.05, 0.1) is 10.0 Å². The standard InChI is InChI=1S/C15H13BrF3NO/c16-12-3-1-2-4-14(12)21-13-6-5-10(7-8-20)9-11(13)15(17,18)19/h1-6,9H,7-8,20H2. The maximum atomic E-state index is 13.1. The van der Waals surface area contributed by atoms with Crippen molar-refractivity contribution in [1.82, 2.24) is 0 Å². The Morgan fingerprint density at radius 1 is 1.05 bits per heavy atom. The Morgan fingerprint density at radius 3 is 2.38 bits per heavy atom. The normalized spacial score (nSPS) is 11.5. The Hall–Kier alpha value is -1.53. The van der Waals surface area contributed by atoms with Gasteiger partial charge in [0.1, 0.15) is 11.5 Å². The molecule has 0 radical (unpaired) electrons. The lowest BCUT2D eigenvalue weighted by atomic mass is 10.1.